The molecule has 5 heteroatoms. The first-order valence-electron chi connectivity index (χ1n) is 6.05. The molecule has 0 unspecified atom stereocenters. The van der Waals surface area contributed by atoms with Gasteiger partial charge in [-0.2, -0.15) is 0 Å². The largest absolute Gasteiger partial charge is 0.361 e. The van der Waals surface area contributed by atoms with E-state index in [4.69, 9.17) is 5.73 Å². The van der Waals surface area contributed by atoms with Gasteiger partial charge in [-0.25, -0.2) is 8.42 Å². The highest BCUT2D eigenvalue weighted by Gasteiger charge is 2.10. The van der Waals surface area contributed by atoms with E-state index in [1.165, 1.54) is 0 Å². The van der Waals surface area contributed by atoms with E-state index in [0.717, 1.165) is 28.5 Å². The molecule has 2 aromatic rings. The molecule has 2 rings (SSSR count). The highest BCUT2D eigenvalue weighted by atomic mass is 32.2. The minimum atomic E-state index is -2.98. The molecule has 0 atom stereocenters. The first-order chi connectivity index (χ1) is 8.55. The maximum atomic E-state index is 11.6. The van der Waals surface area contributed by atoms with E-state index in [-0.39, 0.29) is 11.5 Å². The van der Waals surface area contributed by atoms with Gasteiger partial charge in [0.05, 0.1) is 5.75 Å². The monoisotopic (exact) mass is 266 g/mol. The third-order valence-corrected chi connectivity index (χ3v) is 4.72. The fourth-order valence-corrected chi connectivity index (χ4v) is 2.93. The lowest BCUT2D eigenvalue weighted by Gasteiger charge is -2.03. The standard InChI is InChI=1S/C13H18N2O2S/c1-2-18(16,17)9-10-3-4-13-12(7-10)11(5-6-14)8-15-13/h3-4,7-8,15H,2,5-6,9,14H2,1H3. The van der Waals surface area contributed by atoms with Crippen molar-refractivity contribution < 1.29 is 8.42 Å². The molecular weight excluding hydrogens is 248 g/mol. The summed E-state index contributed by atoms with van der Waals surface area (Å²) in [4.78, 5) is 3.17. The average molecular weight is 266 g/mol. The van der Waals surface area contributed by atoms with Gasteiger partial charge in [0, 0.05) is 22.9 Å². The number of nitrogens with two attached hydrogens (primary N) is 1. The molecule has 0 aliphatic heterocycles. The Morgan fingerprint density at radius 3 is 2.78 bits per heavy atom. The topological polar surface area (TPSA) is 76.0 Å². The molecule has 1 heterocycles. The van der Waals surface area contributed by atoms with Crippen LogP contribution in [0.5, 0.6) is 0 Å². The molecule has 0 aliphatic rings. The maximum absolute atomic E-state index is 11.6. The number of aromatic nitrogens is 1. The van der Waals surface area contributed by atoms with E-state index >= 15 is 0 Å². The summed E-state index contributed by atoms with van der Waals surface area (Å²) in [6.45, 7) is 2.26. The van der Waals surface area contributed by atoms with Crippen LogP contribution < -0.4 is 5.73 Å². The Bertz CT molecular complexity index is 644. The van der Waals surface area contributed by atoms with Gasteiger partial charge in [0.25, 0.3) is 0 Å². The fraction of sp³-hybridized carbons (Fsp3) is 0.385. The Labute approximate surface area is 107 Å². The van der Waals surface area contributed by atoms with Gasteiger partial charge < -0.3 is 10.7 Å². The smallest absolute Gasteiger partial charge is 0.154 e. The van der Waals surface area contributed by atoms with Crippen molar-refractivity contribution in [3.63, 3.8) is 0 Å². The molecule has 0 spiro atoms. The zero-order valence-corrected chi connectivity index (χ0v) is 11.3. The van der Waals surface area contributed by atoms with Crippen LogP contribution in [0.25, 0.3) is 10.9 Å². The number of nitrogens with one attached hydrogen (secondary N) is 1. The van der Waals surface area contributed by atoms with E-state index in [2.05, 4.69) is 4.98 Å². The number of hydrogen-bond donors (Lipinski definition) is 2. The van der Waals surface area contributed by atoms with Crippen molar-refractivity contribution in [2.24, 2.45) is 5.73 Å². The lowest BCUT2D eigenvalue weighted by Crippen LogP contribution is -2.06. The first kappa shape index (κ1) is 13.1. The number of H-pyrrole nitrogens is 1. The Morgan fingerprint density at radius 1 is 1.33 bits per heavy atom. The van der Waals surface area contributed by atoms with E-state index < -0.39 is 9.84 Å². The summed E-state index contributed by atoms with van der Waals surface area (Å²) in [5.74, 6) is 0.278. The van der Waals surface area contributed by atoms with E-state index in [0.29, 0.717) is 6.54 Å². The Morgan fingerprint density at radius 2 is 2.11 bits per heavy atom. The Balaban J connectivity index is 2.39. The minimum Gasteiger partial charge on any atom is -0.361 e. The van der Waals surface area contributed by atoms with Gasteiger partial charge >= 0.3 is 0 Å². The van der Waals surface area contributed by atoms with Crippen LogP contribution in [0.2, 0.25) is 0 Å². The number of rotatable bonds is 5. The Hall–Kier alpha value is -1.33. The first-order valence-corrected chi connectivity index (χ1v) is 7.87. The van der Waals surface area contributed by atoms with Crippen molar-refractivity contribution in [2.75, 3.05) is 12.3 Å². The van der Waals surface area contributed by atoms with Crippen LogP contribution in [0, 0.1) is 0 Å². The third-order valence-electron chi connectivity index (χ3n) is 3.07. The lowest BCUT2D eigenvalue weighted by atomic mass is 10.1. The quantitative estimate of drug-likeness (QED) is 0.863. The Kier molecular flexibility index (Phi) is 3.73. The number of hydrogen-bond acceptors (Lipinski definition) is 3. The number of aromatic amines is 1. The SMILES string of the molecule is CCS(=O)(=O)Cc1ccc2[nH]cc(CCN)c2c1. The second-order valence-corrected chi connectivity index (χ2v) is 6.76. The summed E-state index contributed by atoms with van der Waals surface area (Å²) in [6.07, 6.45) is 2.74. The van der Waals surface area contributed by atoms with Crippen molar-refractivity contribution in [2.45, 2.75) is 19.1 Å². The van der Waals surface area contributed by atoms with Crippen molar-refractivity contribution in [3.8, 4) is 0 Å². The van der Waals surface area contributed by atoms with Crippen molar-refractivity contribution in [3.05, 3.63) is 35.5 Å². The molecule has 3 N–H and O–H groups in total. The molecule has 0 aliphatic carbocycles. The number of fused-ring (bicyclic) bond motifs is 1. The molecule has 4 nitrogen and oxygen atoms in total. The molecule has 18 heavy (non-hydrogen) atoms. The molecule has 98 valence electrons. The van der Waals surface area contributed by atoms with Gasteiger partial charge in [-0.1, -0.05) is 13.0 Å². The minimum absolute atomic E-state index is 0.104. The van der Waals surface area contributed by atoms with Gasteiger partial charge in [0.15, 0.2) is 9.84 Å². The number of benzene rings is 1. The molecule has 1 aromatic heterocycles. The molecule has 0 radical (unpaired) electrons. The predicted molar refractivity (Wildman–Crippen MR) is 74.2 cm³/mol. The highest BCUT2D eigenvalue weighted by molar-refractivity contribution is 7.90. The van der Waals surface area contributed by atoms with Gasteiger partial charge in [-0.15, -0.1) is 0 Å². The molecule has 0 fully saturated rings. The maximum Gasteiger partial charge on any atom is 0.154 e. The molecule has 0 saturated heterocycles. The van der Waals surface area contributed by atoms with Crippen LogP contribution in [-0.2, 0) is 22.0 Å². The van der Waals surface area contributed by atoms with Crippen molar-refractivity contribution in [1.29, 1.82) is 0 Å². The molecule has 0 amide bonds. The van der Waals surface area contributed by atoms with Crippen molar-refractivity contribution in [1.82, 2.24) is 4.98 Å². The van der Waals surface area contributed by atoms with E-state index in [1.807, 2.05) is 24.4 Å². The van der Waals surface area contributed by atoms with Crippen LogP contribution in [0.15, 0.2) is 24.4 Å². The van der Waals surface area contributed by atoms with E-state index in [1.54, 1.807) is 6.92 Å². The third kappa shape index (κ3) is 2.73. The molecule has 0 saturated carbocycles. The molecule has 1 aromatic carbocycles. The lowest BCUT2D eigenvalue weighted by molar-refractivity contribution is 0.596. The van der Waals surface area contributed by atoms with Crippen LogP contribution >= 0.6 is 0 Å². The van der Waals surface area contributed by atoms with Crippen LogP contribution in [0.1, 0.15) is 18.1 Å². The van der Waals surface area contributed by atoms with Gasteiger partial charge in [-0.3, -0.25) is 0 Å². The summed E-state index contributed by atoms with van der Waals surface area (Å²) in [5.41, 5.74) is 8.56. The fourth-order valence-electron chi connectivity index (χ4n) is 2.03. The normalized spacial score (nSPS) is 12.1. The van der Waals surface area contributed by atoms with Gasteiger partial charge in [0.1, 0.15) is 0 Å². The highest BCUT2D eigenvalue weighted by Crippen LogP contribution is 2.21. The molecule has 0 bridgehead atoms. The molecular formula is C13H18N2O2S. The van der Waals surface area contributed by atoms with Crippen LogP contribution in [-0.4, -0.2) is 25.7 Å². The second kappa shape index (κ2) is 5.12. The number of sulfone groups is 1. The zero-order valence-electron chi connectivity index (χ0n) is 10.4. The zero-order chi connectivity index (χ0) is 13.2. The van der Waals surface area contributed by atoms with Crippen LogP contribution in [0.3, 0.4) is 0 Å². The summed E-state index contributed by atoms with van der Waals surface area (Å²) in [5, 5.41) is 1.07. The summed E-state index contributed by atoms with van der Waals surface area (Å²) >= 11 is 0. The van der Waals surface area contributed by atoms with Crippen LogP contribution in [0.4, 0.5) is 0 Å². The van der Waals surface area contributed by atoms with Gasteiger partial charge in [0.2, 0.25) is 0 Å². The summed E-state index contributed by atoms with van der Waals surface area (Å²) < 4.78 is 23.3. The predicted octanol–water partition coefficient (Wildman–Crippen LogP) is 1.60. The average Bonchev–Trinajstić information content (AvgIpc) is 2.72. The van der Waals surface area contributed by atoms with E-state index in [9.17, 15) is 8.42 Å². The van der Waals surface area contributed by atoms with Gasteiger partial charge in [-0.05, 0) is 36.2 Å². The summed E-state index contributed by atoms with van der Waals surface area (Å²) in [7, 11) is -2.98. The van der Waals surface area contributed by atoms with Crippen molar-refractivity contribution >= 4 is 20.7 Å². The summed E-state index contributed by atoms with van der Waals surface area (Å²) in [6, 6.07) is 5.73. The second-order valence-electron chi connectivity index (χ2n) is 4.41.